The Labute approximate surface area is 109 Å². The van der Waals surface area contributed by atoms with Crippen LogP contribution in [0.15, 0.2) is 24.3 Å². The molecule has 4 rings (SSSR count). The van der Waals surface area contributed by atoms with Gasteiger partial charge in [-0.05, 0) is 43.9 Å². The summed E-state index contributed by atoms with van der Waals surface area (Å²) in [6.45, 7) is 2.55. The van der Waals surface area contributed by atoms with Gasteiger partial charge >= 0.3 is 0 Å². The quantitative estimate of drug-likeness (QED) is 0.694. The standard InChI is InChI=1S/C16H21NO/c1-2-6-15-13(4-1)12-16(18-15)8-7-14-5-3-10-17(14)11-9-16/h1-2,4,6,14H,3,5,7-12H2. The fourth-order valence-corrected chi connectivity index (χ4v) is 4.06. The van der Waals surface area contributed by atoms with E-state index in [0.29, 0.717) is 0 Å². The first-order valence-corrected chi connectivity index (χ1v) is 7.36. The molecule has 0 amide bonds. The monoisotopic (exact) mass is 243 g/mol. The second kappa shape index (κ2) is 3.99. The van der Waals surface area contributed by atoms with Gasteiger partial charge in [-0.15, -0.1) is 0 Å². The second-order valence-electron chi connectivity index (χ2n) is 6.19. The van der Waals surface area contributed by atoms with Gasteiger partial charge in [0, 0.05) is 25.4 Å². The summed E-state index contributed by atoms with van der Waals surface area (Å²) in [5.41, 5.74) is 1.54. The summed E-state index contributed by atoms with van der Waals surface area (Å²) in [7, 11) is 0. The van der Waals surface area contributed by atoms with E-state index < -0.39 is 0 Å². The summed E-state index contributed by atoms with van der Waals surface area (Å²) in [6, 6.07) is 9.44. The molecule has 2 saturated heterocycles. The molecule has 2 atom stereocenters. The highest BCUT2D eigenvalue weighted by molar-refractivity contribution is 5.39. The molecule has 2 unspecified atom stereocenters. The maximum Gasteiger partial charge on any atom is 0.123 e. The minimum atomic E-state index is 0.119. The van der Waals surface area contributed by atoms with Crippen LogP contribution in [0.3, 0.4) is 0 Å². The van der Waals surface area contributed by atoms with Crippen LogP contribution in [0.4, 0.5) is 0 Å². The van der Waals surface area contributed by atoms with Crippen LogP contribution in [-0.4, -0.2) is 29.6 Å². The normalized spacial score (nSPS) is 35.0. The molecule has 1 aromatic rings. The van der Waals surface area contributed by atoms with Crippen LogP contribution in [0.2, 0.25) is 0 Å². The van der Waals surface area contributed by atoms with Gasteiger partial charge in [-0.25, -0.2) is 0 Å². The van der Waals surface area contributed by atoms with E-state index in [2.05, 4.69) is 29.2 Å². The number of hydrogen-bond donors (Lipinski definition) is 0. The molecule has 3 aliphatic rings. The summed E-state index contributed by atoms with van der Waals surface area (Å²) in [5, 5.41) is 0. The largest absolute Gasteiger partial charge is 0.487 e. The predicted molar refractivity (Wildman–Crippen MR) is 72.0 cm³/mol. The third-order valence-corrected chi connectivity index (χ3v) is 5.10. The molecule has 2 fully saturated rings. The van der Waals surface area contributed by atoms with Gasteiger partial charge in [0.15, 0.2) is 0 Å². The van der Waals surface area contributed by atoms with E-state index in [1.165, 1.54) is 50.8 Å². The van der Waals surface area contributed by atoms with Crippen molar-refractivity contribution in [1.82, 2.24) is 4.90 Å². The molecule has 0 N–H and O–H groups in total. The molecular weight excluding hydrogens is 222 g/mol. The lowest BCUT2D eigenvalue weighted by Crippen LogP contribution is -2.35. The molecule has 0 radical (unpaired) electrons. The fourth-order valence-electron chi connectivity index (χ4n) is 4.06. The highest BCUT2D eigenvalue weighted by Gasteiger charge is 2.42. The first kappa shape index (κ1) is 10.9. The molecule has 1 spiro atoms. The maximum absolute atomic E-state index is 6.35. The van der Waals surface area contributed by atoms with Gasteiger partial charge < -0.3 is 9.64 Å². The number of nitrogens with zero attached hydrogens (tertiary/aromatic N) is 1. The average molecular weight is 243 g/mol. The summed E-state index contributed by atoms with van der Waals surface area (Å²) in [5.74, 6) is 1.14. The molecule has 0 saturated carbocycles. The molecule has 2 heteroatoms. The fraction of sp³-hybridized carbons (Fsp3) is 0.625. The first-order chi connectivity index (χ1) is 8.85. The van der Waals surface area contributed by atoms with Gasteiger partial charge in [-0.3, -0.25) is 0 Å². The SMILES string of the molecule is c1ccc2c(c1)CC1(CCC3CCCN3CC1)O2. The van der Waals surface area contributed by atoms with Gasteiger partial charge in [0.1, 0.15) is 11.4 Å². The van der Waals surface area contributed by atoms with Crippen LogP contribution < -0.4 is 4.74 Å². The van der Waals surface area contributed by atoms with Crippen LogP contribution in [0.1, 0.15) is 37.7 Å². The van der Waals surface area contributed by atoms with Crippen LogP contribution in [-0.2, 0) is 6.42 Å². The lowest BCUT2D eigenvalue weighted by atomic mass is 9.88. The van der Waals surface area contributed by atoms with E-state index in [-0.39, 0.29) is 5.60 Å². The topological polar surface area (TPSA) is 12.5 Å². The molecule has 1 aromatic carbocycles. The molecule has 18 heavy (non-hydrogen) atoms. The Morgan fingerprint density at radius 1 is 1.11 bits per heavy atom. The van der Waals surface area contributed by atoms with E-state index in [0.717, 1.165) is 18.2 Å². The van der Waals surface area contributed by atoms with Crippen LogP contribution in [0.5, 0.6) is 5.75 Å². The maximum atomic E-state index is 6.35. The Morgan fingerprint density at radius 2 is 2.06 bits per heavy atom. The zero-order valence-electron chi connectivity index (χ0n) is 10.9. The van der Waals surface area contributed by atoms with Crippen molar-refractivity contribution < 1.29 is 4.74 Å². The Kier molecular flexibility index (Phi) is 2.41. The summed E-state index contributed by atoms with van der Waals surface area (Å²) in [6.07, 6.45) is 7.71. The highest BCUT2D eigenvalue weighted by Crippen LogP contribution is 2.42. The third kappa shape index (κ3) is 1.66. The smallest absolute Gasteiger partial charge is 0.123 e. The Hall–Kier alpha value is -1.02. The van der Waals surface area contributed by atoms with Gasteiger partial charge in [0.25, 0.3) is 0 Å². The van der Waals surface area contributed by atoms with Crippen molar-refractivity contribution in [2.75, 3.05) is 13.1 Å². The van der Waals surface area contributed by atoms with Gasteiger partial charge in [0.2, 0.25) is 0 Å². The van der Waals surface area contributed by atoms with Crippen molar-refractivity contribution in [3.05, 3.63) is 29.8 Å². The van der Waals surface area contributed by atoms with E-state index in [1.54, 1.807) is 0 Å². The van der Waals surface area contributed by atoms with E-state index >= 15 is 0 Å². The van der Waals surface area contributed by atoms with Crippen molar-refractivity contribution in [1.29, 1.82) is 0 Å². The average Bonchev–Trinajstić information content (AvgIpc) is 2.94. The van der Waals surface area contributed by atoms with Gasteiger partial charge in [-0.1, -0.05) is 18.2 Å². The highest BCUT2D eigenvalue weighted by atomic mass is 16.5. The molecule has 0 bridgehead atoms. The number of rotatable bonds is 0. The lowest BCUT2D eigenvalue weighted by molar-refractivity contribution is 0.0771. The molecule has 96 valence electrons. The molecule has 2 nitrogen and oxygen atoms in total. The van der Waals surface area contributed by atoms with Gasteiger partial charge in [-0.2, -0.15) is 0 Å². The number of ether oxygens (including phenoxy) is 1. The molecule has 0 aliphatic carbocycles. The minimum Gasteiger partial charge on any atom is -0.487 e. The summed E-state index contributed by atoms with van der Waals surface area (Å²) in [4.78, 5) is 2.70. The van der Waals surface area contributed by atoms with Crippen LogP contribution in [0, 0.1) is 0 Å². The Morgan fingerprint density at radius 3 is 3.00 bits per heavy atom. The molecule has 3 aliphatic heterocycles. The number of para-hydroxylation sites is 1. The van der Waals surface area contributed by atoms with Crippen molar-refractivity contribution in [3.63, 3.8) is 0 Å². The Balaban J connectivity index is 1.56. The summed E-state index contributed by atoms with van der Waals surface area (Å²) >= 11 is 0. The number of fused-ring (bicyclic) bond motifs is 2. The van der Waals surface area contributed by atoms with Crippen molar-refractivity contribution in [2.45, 2.75) is 50.2 Å². The van der Waals surface area contributed by atoms with Crippen molar-refractivity contribution in [2.24, 2.45) is 0 Å². The predicted octanol–water partition coefficient (Wildman–Crippen LogP) is 3.01. The van der Waals surface area contributed by atoms with Crippen molar-refractivity contribution >= 4 is 0 Å². The summed E-state index contributed by atoms with van der Waals surface area (Å²) < 4.78 is 6.35. The molecule has 3 heterocycles. The third-order valence-electron chi connectivity index (χ3n) is 5.10. The zero-order chi connectivity index (χ0) is 12.0. The van der Waals surface area contributed by atoms with E-state index in [1.807, 2.05) is 0 Å². The minimum absolute atomic E-state index is 0.119. The zero-order valence-corrected chi connectivity index (χ0v) is 10.9. The van der Waals surface area contributed by atoms with E-state index in [9.17, 15) is 0 Å². The van der Waals surface area contributed by atoms with Crippen LogP contribution >= 0.6 is 0 Å². The molecule has 0 aromatic heterocycles. The number of hydrogen-bond acceptors (Lipinski definition) is 2. The van der Waals surface area contributed by atoms with Crippen molar-refractivity contribution in [3.8, 4) is 5.75 Å². The second-order valence-corrected chi connectivity index (χ2v) is 6.19. The lowest BCUT2D eigenvalue weighted by Gasteiger charge is -2.27. The van der Waals surface area contributed by atoms with Gasteiger partial charge in [0.05, 0.1) is 0 Å². The van der Waals surface area contributed by atoms with E-state index in [4.69, 9.17) is 4.74 Å². The first-order valence-electron chi connectivity index (χ1n) is 7.36. The Bertz CT molecular complexity index is 415. The van der Waals surface area contributed by atoms with Crippen LogP contribution in [0.25, 0.3) is 0 Å². The molecular formula is C16H21NO. The number of benzene rings is 1.